The molecule has 0 amide bonds. The molecule has 0 aromatic heterocycles. The van der Waals surface area contributed by atoms with Crippen molar-refractivity contribution in [3.8, 4) is 0 Å². The van der Waals surface area contributed by atoms with Crippen LogP contribution in [-0.4, -0.2) is 5.78 Å². The molecule has 0 aliphatic heterocycles. The molecule has 1 aromatic rings. The lowest BCUT2D eigenvalue weighted by atomic mass is 9.99. The molecular formula is C10H7F6NO. The fourth-order valence-electron chi connectivity index (χ4n) is 1.41. The van der Waals surface area contributed by atoms with E-state index in [1.165, 1.54) is 0 Å². The number of ketones is 1. The maximum absolute atomic E-state index is 12.5. The highest BCUT2D eigenvalue weighted by atomic mass is 19.4. The maximum atomic E-state index is 12.5. The summed E-state index contributed by atoms with van der Waals surface area (Å²) < 4.78 is 75.1. The van der Waals surface area contributed by atoms with Crippen LogP contribution in [0.4, 0.5) is 32.0 Å². The first-order chi connectivity index (χ1) is 7.94. The number of rotatable bonds is 1. The van der Waals surface area contributed by atoms with Gasteiger partial charge in [0, 0.05) is 11.3 Å². The molecule has 1 aromatic carbocycles. The fraction of sp³-hybridized carbons (Fsp3) is 0.300. The van der Waals surface area contributed by atoms with Crippen molar-refractivity contribution in [2.45, 2.75) is 19.3 Å². The Morgan fingerprint density at radius 1 is 1.06 bits per heavy atom. The van der Waals surface area contributed by atoms with E-state index < -0.39 is 40.5 Å². The zero-order chi connectivity index (χ0) is 14.3. The number of halogens is 6. The van der Waals surface area contributed by atoms with E-state index in [2.05, 4.69) is 0 Å². The van der Waals surface area contributed by atoms with Gasteiger partial charge in [0.25, 0.3) is 0 Å². The molecule has 0 unspecified atom stereocenters. The van der Waals surface area contributed by atoms with Crippen LogP contribution in [0.15, 0.2) is 12.1 Å². The number of nitrogen functional groups attached to an aromatic ring is 1. The third-order valence-electron chi connectivity index (χ3n) is 2.16. The smallest absolute Gasteiger partial charge is 0.398 e. The summed E-state index contributed by atoms with van der Waals surface area (Å²) in [5, 5.41) is 0. The number of hydrogen-bond donors (Lipinski definition) is 1. The minimum Gasteiger partial charge on any atom is -0.398 e. The third-order valence-corrected chi connectivity index (χ3v) is 2.16. The zero-order valence-corrected chi connectivity index (χ0v) is 8.91. The van der Waals surface area contributed by atoms with Crippen LogP contribution in [0.1, 0.15) is 28.4 Å². The average molecular weight is 271 g/mol. The number of benzene rings is 1. The first-order valence-corrected chi connectivity index (χ1v) is 4.53. The first kappa shape index (κ1) is 14.3. The SMILES string of the molecule is CC(=O)c1cc(N)c(C(F)(F)F)c(C(F)(F)F)c1. The minimum absolute atomic E-state index is 0.154. The van der Waals surface area contributed by atoms with E-state index in [1.54, 1.807) is 0 Å². The lowest BCUT2D eigenvalue weighted by Crippen LogP contribution is -2.19. The van der Waals surface area contributed by atoms with Gasteiger partial charge in [0.15, 0.2) is 5.78 Å². The topological polar surface area (TPSA) is 43.1 Å². The van der Waals surface area contributed by atoms with E-state index >= 15 is 0 Å². The number of carbonyl (C=O) groups is 1. The van der Waals surface area contributed by atoms with Gasteiger partial charge in [-0.15, -0.1) is 0 Å². The molecule has 0 radical (unpaired) electrons. The molecule has 8 heteroatoms. The third kappa shape index (κ3) is 2.74. The largest absolute Gasteiger partial charge is 0.418 e. The van der Waals surface area contributed by atoms with Crippen LogP contribution in [0.25, 0.3) is 0 Å². The van der Waals surface area contributed by atoms with Gasteiger partial charge in [-0.25, -0.2) is 0 Å². The molecule has 0 saturated carbocycles. The Balaban J connectivity index is 3.67. The first-order valence-electron chi connectivity index (χ1n) is 4.53. The van der Waals surface area contributed by atoms with Crippen LogP contribution < -0.4 is 5.73 Å². The maximum Gasteiger partial charge on any atom is 0.418 e. The Labute approximate surface area is 97.4 Å². The van der Waals surface area contributed by atoms with E-state index in [1.807, 2.05) is 0 Å². The van der Waals surface area contributed by atoms with E-state index in [4.69, 9.17) is 5.73 Å². The van der Waals surface area contributed by atoms with Crippen LogP contribution in [0.3, 0.4) is 0 Å². The summed E-state index contributed by atoms with van der Waals surface area (Å²) in [5.41, 5.74) is -0.603. The Morgan fingerprint density at radius 3 is 1.89 bits per heavy atom. The van der Waals surface area contributed by atoms with Gasteiger partial charge in [-0.1, -0.05) is 0 Å². The number of alkyl halides is 6. The number of Topliss-reactive ketones (excluding diaryl/α,β-unsaturated/α-hetero) is 1. The highest BCUT2D eigenvalue weighted by Gasteiger charge is 2.45. The second-order valence-corrected chi connectivity index (χ2v) is 3.54. The van der Waals surface area contributed by atoms with Gasteiger partial charge < -0.3 is 5.73 Å². The molecule has 0 saturated heterocycles. The normalized spacial score (nSPS) is 12.6. The Kier molecular flexibility index (Phi) is 3.33. The quantitative estimate of drug-likeness (QED) is 0.482. The van der Waals surface area contributed by atoms with Crippen molar-refractivity contribution in [2.24, 2.45) is 0 Å². The summed E-state index contributed by atoms with van der Waals surface area (Å²) in [6.45, 7) is 0.933. The second-order valence-electron chi connectivity index (χ2n) is 3.54. The summed E-state index contributed by atoms with van der Waals surface area (Å²) in [5.74, 6) is -0.805. The van der Waals surface area contributed by atoms with E-state index in [9.17, 15) is 31.1 Å². The molecule has 0 fully saturated rings. The summed E-state index contributed by atoms with van der Waals surface area (Å²) in [4.78, 5) is 10.9. The lowest BCUT2D eigenvalue weighted by Gasteiger charge is -2.18. The van der Waals surface area contributed by atoms with Crippen molar-refractivity contribution in [1.29, 1.82) is 0 Å². The molecule has 0 heterocycles. The molecule has 2 N–H and O–H groups in total. The zero-order valence-electron chi connectivity index (χ0n) is 8.91. The second kappa shape index (κ2) is 4.18. The monoisotopic (exact) mass is 271 g/mol. The summed E-state index contributed by atoms with van der Waals surface area (Å²) in [7, 11) is 0. The highest BCUT2D eigenvalue weighted by Crippen LogP contribution is 2.43. The van der Waals surface area contributed by atoms with Gasteiger partial charge in [0.2, 0.25) is 0 Å². The van der Waals surface area contributed by atoms with Crippen LogP contribution in [0.2, 0.25) is 0 Å². The molecule has 0 aliphatic rings. The Bertz CT molecular complexity index is 488. The predicted molar refractivity (Wildman–Crippen MR) is 50.9 cm³/mol. The van der Waals surface area contributed by atoms with Crippen molar-refractivity contribution in [3.05, 3.63) is 28.8 Å². The molecular weight excluding hydrogens is 264 g/mol. The van der Waals surface area contributed by atoms with E-state index in [-0.39, 0.29) is 6.07 Å². The van der Waals surface area contributed by atoms with Crippen molar-refractivity contribution < 1.29 is 31.1 Å². The van der Waals surface area contributed by atoms with Gasteiger partial charge in [-0.05, 0) is 19.1 Å². The standard InChI is InChI=1S/C10H7F6NO/c1-4(18)5-2-6(9(11,12)13)8(7(17)3-5)10(14,15)16/h2-3H,17H2,1H3. The number of carbonyl (C=O) groups excluding carboxylic acids is 1. The molecule has 0 bridgehead atoms. The number of anilines is 1. The molecule has 0 atom stereocenters. The van der Waals surface area contributed by atoms with Crippen molar-refractivity contribution >= 4 is 11.5 Å². The lowest BCUT2D eigenvalue weighted by molar-refractivity contribution is -0.161. The molecule has 2 nitrogen and oxygen atoms in total. The Morgan fingerprint density at radius 2 is 1.56 bits per heavy atom. The molecule has 1 rings (SSSR count). The van der Waals surface area contributed by atoms with Crippen molar-refractivity contribution in [1.82, 2.24) is 0 Å². The van der Waals surface area contributed by atoms with Gasteiger partial charge in [0.05, 0.1) is 11.1 Å². The van der Waals surface area contributed by atoms with Crippen LogP contribution in [0, 0.1) is 0 Å². The fourth-order valence-corrected chi connectivity index (χ4v) is 1.41. The van der Waals surface area contributed by atoms with Gasteiger partial charge >= 0.3 is 12.4 Å². The van der Waals surface area contributed by atoms with E-state index in [0.717, 1.165) is 6.92 Å². The highest BCUT2D eigenvalue weighted by molar-refractivity contribution is 5.95. The van der Waals surface area contributed by atoms with Crippen LogP contribution in [0.5, 0.6) is 0 Å². The van der Waals surface area contributed by atoms with Gasteiger partial charge in [-0.2, -0.15) is 26.3 Å². The van der Waals surface area contributed by atoms with E-state index in [0.29, 0.717) is 6.07 Å². The van der Waals surface area contributed by atoms with Crippen molar-refractivity contribution in [2.75, 3.05) is 5.73 Å². The minimum atomic E-state index is -5.25. The average Bonchev–Trinajstić information content (AvgIpc) is 2.12. The summed E-state index contributed by atoms with van der Waals surface area (Å²) in [6, 6.07) is 0.738. The summed E-state index contributed by atoms with van der Waals surface area (Å²) in [6.07, 6.45) is -10.5. The van der Waals surface area contributed by atoms with Crippen LogP contribution >= 0.6 is 0 Å². The summed E-state index contributed by atoms with van der Waals surface area (Å²) >= 11 is 0. The van der Waals surface area contributed by atoms with Gasteiger partial charge in [0.1, 0.15) is 0 Å². The van der Waals surface area contributed by atoms with Gasteiger partial charge in [-0.3, -0.25) is 4.79 Å². The molecule has 0 aliphatic carbocycles. The molecule has 100 valence electrons. The molecule has 0 spiro atoms. The number of hydrogen-bond acceptors (Lipinski definition) is 2. The van der Waals surface area contributed by atoms with Crippen LogP contribution in [-0.2, 0) is 12.4 Å². The predicted octanol–water partition coefficient (Wildman–Crippen LogP) is 3.51. The van der Waals surface area contributed by atoms with Crippen molar-refractivity contribution in [3.63, 3.8) is 0 Å². The Hall–Kier alpha value is -1.73. The molecule has 18 heavy (non-hydrogen) atoms. The number of nitrogens with two attached hydrogens (primary N) is 1.